The van der Waals surface area contributed by atoms with E-state index in [4.69, 9.17) is 11.5 Å². The number of hydrogen-bond acceptors (Lipinski definition) is 3. The lowest BCUT2D eigenvalue weighted by molar-refractivity contribution is 0.100. The number of aromatic nitrogens is 2. The molecule has 0 saturated heterocycles. The first-order chi connectivity index (χ1) is 8.52. The fourth-order valence-corrected chi connectivity index (χ4v) is 2.23. The molecule has 8 heteroatoms. The Kier molecular flexibility index (Phi) is 4.79. The summed E-state index contributed by atoms with van der Waals surface area (Å²) in [6.07, 6.45) is 1.95. The highest BCUT2D eigenvalue weighted by molar-refractivity contribution is 7.98. The molecule has 0 bridgehead atoms. The molecule has 4 N–H and O–H groups in total. The van der Waals surface area contributed by atoms with Crippen LogP contribution in [0.2, 0.25) is 0 Å². The zero-order valence-electron chi connectivity index (χ0n) is 10.5. The smallest absolute Gasteiger partial charge is 0.280 e. The molecular weight excluding hydrogens is 286 g/mol. The third-order valence-corrected chi connectivity index (χ3v) is 3.23. The summed E-state index contributed by atoms with van der Waals surface area (Å²) < 4.78 is 1.92. The number of hydrogen-bond donors (Lipinski definition) is 2. The molecule has 0 aliphatic heterocycles. The highest BCUT2D eigenvalue weighted by Gasteiger charge is 2.10. The van der Waals surface area contributed by atoms with Crippen molar-refractivity contribution in [3.8, 4) is 0 Å². The average molecular weight is 300 g/mol. The molecule has 1 aromatic heterocycles. The molecule has 19 heavy (non-hydrogen) atoms. The van der Waals surface area contributed by atoms with Crippen LogP contribution < -0.4 is 11.5 Å². The summed E-state index contributed by atoms with van der Waals surface area (Å²) in [5.74, 6) is -0.696. The quantitative estimate of drug-likeness (QED) is 0.492. The van der Waals surface area contributed by atoms with Crippen molar-refractivity contribution >= 4 is 47.1 Å². The van der Waals surface area contributed by atoms with Gasteiger partial charge in [0.2, 0.25) is 0 Å². The van der Waals surface area contributed by atoms with Crippen LogP contribution in [0.4, 0.5) is 0 Å². The molecule has 1 heterocycles. The van der Waals surface area contributed by atoms with E-state index in [-0.39, 0.29) is 18.4 Å². The van der Waals surface area contributed by atoms with E-state index in [1.807, 2.05) is 17.9 Å². The first kappa shape index (κ1) is 15.3. The van der Waals surface area contributed by atoms with Crippen molar-refractivity contribution in [2.75, 3.05) is 6.26 Å². The molecule has 102 valence electrons. The van der Waals surface area contributed by atoms with E-state index in [2.05, 4.69) is 9.98 Å². The Morgan fingerprint density at radius 1 is 1.42 bits per heavy atom. The fraction of sp³-hybridized carbons (Fsp3) is 0.182. The van der Waals surface area contributed by atoms with Gasteiger partial charge in [0, 0.05) is 12.6 Å². The highest BCUT2D eigenvalue weighted by atomic mass is 35.5. The van der Waals surface area contributed by atoms with Gasteiger partial charge in [-0.2, -0.15) is 4.99 Å². The van der Waals surface area contributed by atoms with Crippen LogP contribution in [0, 0.1) is 0 Å². The minimum atomic E-state index is -0.455. The van der Waals surface area contributed by atoms with Crippen molar-refractivity contribution in [2.45, 2.75) is 5.16 Å². The second-order valence-electron chi connectivity index (χ2n) is 3.70. The van der Waals surface area contributed by atoms with Crippen LogP contribution in [0.25, 0.3) is 11.0 Å². The number of thioether (sulfide) groups is 1. The van der Waals surface area contributed by atoms with Gasteiger partial charge in [0.15, 0.2) is 11.1 Å². The fourth-order valence-electron chi connectivity index (χ4n) is 1.67. The van der Waals surface area contributed by atoms with Crippen molar-refractivity contribution in [1.29, 1.82) is 0 Å². The number of halogens is 1. The van der Waals surface area contributed by atoms with Gasteiger partial charge in [-0.05, 0) is 24.5 Å². The third kappa shape index (κ3) is 2.99. The molecule has 0 spiro atoms. The van der Waals surface area contributed by atoms with Gasteiger partial charge < -0.3 is 16.0 Å². The molecule has 0 unspecified atom stereocenters. The maximum absolute atomic E-state index is 11.7. The van der Waals surface area contributed by atoms with Crippen LogP contribution in [-0.2, 0) is 7.05 Å². The number of imidazole rings is 1. The summed E-state index contributed by atoms with van der Waals surface area (Å²) in [7, 11) is 1.90. The van der Waals surface area contributed by atoms with Gasteiger partial charge in [-0.3, -0.25) is 4.79 Å². The molecule has 0 radical (unpaired) electrons. The van der Waals surface area contributed by atoms with Crippen LogP contribution in [-0.4, -0.2) is 27.7 Å². The van der Waals surface area contributed by atoms with E-state index in [1.54, 1.807) is 30.0 Å². The molecule has 0 fully saturated rings. The summed E-state index contributed by atoms with van der Waals surface area (Å²) in [6, 6.07) is 5.18. The number of carbonyl (C=O) groups excluding carboxylic acids is 1. The van der Waals surface area contributed by atoms with Crippen molar-refractivity contribution in [3.63, 3.8) is 0 Å². The van der Waals surface area contributed by atoms with E-state index in [0.29, 0.717) is 5.56 Å². The SMILES string of the molecule is CSc1nc2ccc(C(=O)N=C(N)N)cc2n1C.Cl. The van der Waals surface area contributed by atoms with Crippen molar-refractivity contribution in [1.82, 2.24) is 9.55 Å². The van der Waals surface area contributed by atoms with E-state index in [0.717, 1.165) is 16.2 Å². The number of amides is 1. The number of nitrogens with zero attached hydrogens (tertiary/aromatic N) is 3. The summed E-state index contributed by atoms with van der Waals surface area (Å²) in [4.78, 5) is 19.6. The molecule has 6 nitrogen and oxygen atoms in total. The molecule has 1 amide bonds. The van der Waals surface area contributed by atoms with Gasteiger partial charge in [-0.15, -0.1) is 12.4 Å². The molecular formula is C11H14ClN5OS. The van der Waals surface area contributed by atoms with E-state index in [1.165, 1.54) is 0 Å². The summed E-state index contributed by atoms with van der Waals surface area (Å²) in [5, 5.41) is 0.886. The topological polar surface area (TPSA) is 99.3 Å². The highest BCUT2D eigenvalue weighted by Crippen LogP contribution is 2.22. The molecule has 0 saturated carbocycles. The minimum Gasteiger partial charge on any atom is -0.370 e. The lowest BCUT2D eigenvalue weighted by Crippen LogP contribution is -2.24. The predicted octanol–water partition coefficient (Wildman–Crippen LogP) is 1.13. The number of guanidine groups is 1. The Bertz CT molecular complexity index is 648. The van der Waals surface area contributed by atoms with E-state index in [9.17, 15) is 4.79 Å². The van der Waals surface area contributed by atoms with Crippen molar-refractivity contribution in [2.24, 2.45) is 23.5 Å². The Labute approximate surface area is 120 Å². The van der Waals surface area contributed by atoms with E-state index >= 15 is 0 Å². The lowest BCUT2D eigenvalue weighted by Gasteiger charge is -1.99. The Morgan fingerprint density at radius 2 is 2.11 bits per heavy atom. The van der Waals surface area contributed by atoms with Crippen LogP contribution >= 0.6 is 24.2 Å². The Hall–Kier alpha value is -1.73. The maximum Gasteiger partial charge on any atom is 0.280 e. The van der Waals surface area contributed by atoms with Gasteiger partial charge in [0.1, 0.15) is 0 Å². The first-order valence-electron chi connectivity index (χ1n) is 5.17. The third-order valence-electron chi connectivity index (χ3n) is 2.50. The number of carbonyl (C=O) groups is 1. The zero-order valence-corrected chi connectivity index (χ0v) is 12.1. The van der Waals surface area contributed by atoms with Crippen LogP contribution in [0.5, 0.6) is 0 Å². The van der Waals surface area contributed by atoms with Gasteiger partial charge in [0.05, 0.1) is 11.0 Å². The summed E-state index contributed by atoms with van der Waals surface area (Å²) in [5.41, 5.74) is 12.5. The molecule has 0 aliphatic rings. The Balaban J connectivity index is 0.00000180. The van der Waals surface area contributed by atoms with Crippen LogP contribution in [0.3, 0.4) is 0 Å². The zero-order chi connectivity index (χ0) is 13.3. The number of aliphatic imine (C=N–C) groups is 1. The number of rotatable bonds is 2. The van der Waals surface area contributed by atoms with Gasteiger partial charge in [0.25, 0.3) is 5.91 Å². The van der Waals surface area contributed by atoms with E-state index < -0.39 is 5.91 Å². The summed E-state index contributed by atoms with van der Waals surface area (Å²) >= 11 is 1.55. The largest absolute Gasteiger partial charge is 0.370 e. The normalized spacial score (nSPS) is 10.0. The van der Waals surface area contributed by atoms with Crippen molar-refractivity contribution in [3.05, 3.63) is 23.8 Å². The van der Waals surface area contributed by atoms with Crippen LogP contribution in [0.1, 0.15) is 10.4 Å². The molecule has 0 aliphatic carbocycles. The second kappa shape index (κ2) is 5.94. The molecule has 2 aromatic rings. The number of nitrogens with two attached hydrogens (primary N) is 2. The van der Waals surface area contributed by atoms with Crippen LogP contribution in [0.15, 0.2) is 28.3 Å². The predicted molar refractivity (Wildman–Crippen MR) is 79.9 cm³/mol. The van der Waals surface area contributed by atoms with Gasteiger partial charge in [-0.1, -0.05) is 11.8 Å². The van der Waals surface area contributed by atoms with Crippen molar-refractivity contribution < 1.29 is 4.79 Å². The summed E-state index contributed by atoms with van der Waals surface area (Å²) in [6.45, 7) is 0. The first-order valence-corrected chi connectivity index (χ1v) is 6.40. The van der Waals surface area contributed by atoms with Gasteiger partial charge in [-0.25, -0.2) is 4.98 Å². The Morgan fingerprint density at radius 3 is 2.68 bits per heavy atom. The average Bonchev–Trinajstić information content (AvgIpc) is 2.65. The standard InChI is InChI=1S/C11H13N5OS.ClH/c1-16-8-5-6(9(17)15-10(12)13)3-4-7(8)14-11(16)18-2;/h3-5H,1-2H3,(H4,12,13,15,17);1H. The number of benzene rings is 1. The number of aryl methyl sites for hydroxylation is 1. The molecule has 1 aromatic carbocycles. The van der Waals surface area contributed by atoms with Gasteiger partial charge >= 0.3 is 0 Å². The molecule has 0 atom stereocenters. The monoisotopic (exact) mass is 299 g/mol. The maximum atomic E-state index is 11.7. The second-order valence-corrected chi connectivity index (χ2v) is 4.48. The molecule has 2 rings (SSSR count). The number of fused-ring (bicyclic) bond motifs is 1. The minimum absolute atomic E-state index is 0. The lowest BCUT2D eigenvalue weighted by atomic mass is 10.2.